The lowest BCUT2D eigenvalue weighted by atomic mass is 9.79. The van der Waals surface area contributed by atoms with Gasteiger partial charge in [0.15, 0.2) is 17.0 Å². The maximum Gasteiger partial charge on any atom is 0.256 e. The number of para-hydroxylation sites is 1. The van der Waals surface area contributed by atoms with E-state index in [1.807, 2.05) is 6.92 Å². The van der Waals surface area contributed by atoms with E-state index in [1.165, 1.54) is 12.1 Å². The highest BCUT2D eigenvalue weighted by atomic mass is 19.1. The molecule has 1 amide bonds. The Labute approximate surface area is 207 Å². The first-order valence-electron chi connectivity index (χ1n) is 11.8. The van der Waals surface area contributed by atoms with E-state index in [9.17, 15) is 19.3 Å². The SMILES string of the molecule is CCOc1cc([C@@H]2CN(C)[C@]3(C(=O)Nc4ccccc43)[C@@H]2[N+](=O)[O-])ccc1OCc1ccc(F)cc1. The van der Waals surface area contributed by atoms with Crippen molar-refractivity contribution in [2.24, 2.45) is 0 Å². The maximum absolute atomic E-state index is 13.3. The number of nitrogens with one attached hydrogen (secondary N) is 1. The number of halogens is 1. The van der Waals surface area contributed by atoms with E-state index in [0.717, 1.165) is 5.56 Å². The predicted octanol–water partition coefficient (Wildman–Crippen LogP) is 4.33. The highest BCUT2D eigenvalue weighted by Crippen LogP contribution is 2.52. The van der Waals surface area contributed by atoms with Gasteiger partial charge in [-0.3, -0.25) is 19.8 Å². The van der Waals surface area contributed by atoms with E-state index < -0.39 is 17.5 Å². The highest BCUT2D eigenvalue weighted by molar-refractivity contribution is 6.06. The van der Waals surface area contributed by atoms with Gasteiger partial charge < -0.3 is 14.8 Å². The van der Waals surface area contributed by atoms with Crippen LogP contribution >= 0.6 is 0 Å². The molecule has 0 radical (unpaired) electrons. The normalized spacial score (nSPS) is 22.9. The Morgan fingerprint density at radius 3 is 2.58 bits per heavy atom. The molecule has 1 N–H and O–H groups in total. The molecule has 36 heavy (non-hydrogen) atoms. The Morgan fingerprint density at radius 2 is 1.86 bits per heavy atom. The van der Waals surface area contributed by atoms with Crippen LogP contribution in [0, 0.1) is 15.9 Å². The number of hydrogen-bond donors (Lipinski definition) is 1. The number of fused-ring (bicyclic) bond motifs is 2. The second-order valence-electron chi connectivity index (χ2n) is 9.04. The van der Waals surface area contributed by atoms with Gasteiger partial charge in [-0.05, 0) is 55.4 Å². The van der Waals surface area contributed by atoms with Gasteiger partial charge in [-0.1, -0.05) is 36.4 Å². The van der Waals surface area contributed by atoms with Gasteiger partial charge >= 0.3 is 0 Å². The summed E-state index contributed by atoms with van der Waals surface area (Å²) >= 11 is 0. The number of nitro groups is 1. The molecule has 0 bridgehead atoms. The lowest BCUT2D eigenvalue weighted by Gasteiger charge is -2.30. The standard InChI is InChI=1S/C27H26FN3O5/c1-3-35-24-14-18(10-13-23(24)36-16-17-8-11-19(28)12-9-17)20-15-30(2)27(25(20)31(33)34)21-6-4-5-7-22(21)29-26(27)32/h4-14,20,25H,3,15-16H2,1-2H3,(H,29,32)/t20-,25+,27-/m0/s1. The summed E-state index contributed by atoms with van der Waals surface area (Å²) in [7, 11) is 1.75. The van der Waals surface area contributed by atoms with Gasteiger partial charge in [0.1, 0.15) is 12.4 Å². The zero-order valence-corrected chi connectivity index (χ0v) is 19.9. The number of ether oxygens (including phenoxy) is 2. The first kappa shape index (κ1) is 23.7. The molecule has 9 heteroatoms. The number of carbonyl (C=O) groups is 1. The summed E-state index contributed by atoms with van der Waals surface area (Å²) in [5, 5.41) is 15.4. The molecule has 2 aliphatic rings. The number of benzene rings is 3. The number of likely N-dealkylation sites (N-methyl/N-ethyl adjacent to an activating group) is 1. The van der Waals surface area contributed by atoms with Crippen LogP contribution < -0.4 is 14.8 Å². The number of anilines is 1. The van der Waals surface area contributed by atoms with Gasteiger partial charge in [-0.2, -0.15) is 0 Å². The minimum Gasteiger partial charge on any atom is -0.490 e. The third-order valence-corrected chi connectivity index (χ3v) is 7.04. The second-order valence-corrected chi connectivity index (χ2v) is 9.04. The van der Waals surface area contributed by atoms with Gasteiger partial charge in [-0.15, -0.1) is 0 Å². The van der Waals surface area contributed by atoms with Crippen LogP contribution in [0.15, 0.2) is 66.7 Å². The molecular formula is C27H26FN3O5. The molecule has 0 unspecified atom stereocenters. The number of amides is 1. The van der Waals surface area contributed by atoms with Gasteiger partial charge in [0, 0.05) is 22.7 Å². The quantitative estimate of drug-likeness (QED) is 0.391. The average molecular weight is 492 g/mol. The second kappa shape index (κ2) is 9.23. The van der Waals surface area contributed by atoms with Crippen LogP contribution in [0.2, 0.25) is 0 Å². The average Bonchev–Trinajstić information content (AvgIpc) is 3.34. The predicted molar refractivity (Wildman–Crippen MR) is 131 cm³/mol. The fourth-order valence-electron chi connectivity index (χ4n) is 5.46. The molecule has 0 saturated carbocycles. The Bertz CT molecular complexity index is 1320. The number of likely N-dealkylation sites (tertiary alicyclic amines) is 1. The molecule has 1 fully saturated rings. The van der Waals surface area contributed by atoms with Crippen molar-refractivity contribution in [3.05, 3.63) is 99.4 Å². The van der Waals surface area contributed by atoms with E-state index in [1.54, 1.807) is 66.5 Å². The van der Waals surface area contributed by atoms with Gasteiger partial charge in [-0.25, -0.2) is 4.39 Å². The summed E-state index contributed by atoms with van der Waals surface area (Å²) in [6.45, 7) is 2.74. The van der Waals surface area contributed by atoms with Crippen LogP contribution in [0.1, 0.15) is 29.5 Å². The van der Waals surface area contributed by atoms with Crippen LogP contribution in [-0.2, 0) is 16.9 Å². The Balaban J connectivity index is 1.49. The van der Waals surface area contributed by atoms with Crippen molar-refractivity contribution in [1.29, 1.82) is 0 Å². The number of hydrogen-bond acceptors (Lipinski definition) is 6. The fraction of sp³-hybridized carbons (Fsp3) is 0.296. The molecule has 5 rings (SSSR count). The highest BCUT2D eigenvalue weighted by Gasteiger charge is 2.68. The zero-order valence-electron chi connectivity index (χ0n) is 19.9. The summed E-state index contributed by atoms with van der Waals surface area (Å²) in [5.74, 6) is -0.338. The van der Waals surface area contributed by atoms with Crippen molar-refractivity contribution >= 4 is 11.6 Å². The summed E-state index contributed by atoms with van der Waals surface area (Å²) in [6.07, 6.45) is 0. The van der Waals surface area contributed by atoms with Crippen LogP contribution in [0.4, 0.5) is 10.1 Å². The Kier molecular flexibility index (Phi) is 6.09. The molecule has 0 aromatic heterocycles. The van der Waals surface area contributed by atoms with Crippen LogP contribution in [0.3, 0.4) is 0 Å². The maximum atomic E-state index is 13.3. The number of rotatable bonds is 7. The van der Waals surface area contributed by atoms with Crippen molar-refractivity contribution < 1.29 is 23.6 Å². The van der Waals surface area contributed by atoms with Crippen LogP contribution in [0.5, 0.6) is 11.5 Å². The third-order valence-electron chi connectivity index (χ3n) is 7.04. The summed E-state index contributed by atoms with van der Waals surface area (Å²) in [5.41, 5.74) is 1.29. The summed E-state index contributed by atoms with van der Waals surface area (Å²) in [4.78, 5) is 27.3. The zero-order chi connectivity index (χ0) is 25.4. The van der Waals surface area contributed by atoms with Crippen molar-refractivity contribution in [2.45, 2.75) is 31.0 Å². The molecule has 8 nitrogen and oxygen atoms in total. The van der Waals surface area contributed by atoms with E-state index in [2.05, 4.69) is 5.32 Å². The monoisotopic (exact) mass is 491 g/mol. The minimum atomic E-state index is -1.41. The van der Waals surface area contributed by atoms with Gasteiger partial charge in [0.2, 0.25) is 0 Å². The van der Waals surface area contributed by atoms with Crippen molar-refractivity contribution in [3.8, 4) is 11.5 Å². The number of carbonyl (C=O) groups excluding carboxylic acids is 1. The van der Waals surface area contributed by atoms with E-state index in [0.29, 0.717) is 41.5 Å². The lowest BCUT2D eigenvalue weighted by molar-refractivity contribution is -0.534. The fourth-order valence-corrected chi connectivity index (χ4v) is 5.46. The molecule has 3 aromatic carbocycles. The van der Waals surface area contributed by atoms with E-state index in [-0.39, 0.29) is 23.3 Å². The van der Waals surface area contributed by atoms with E-state index in [4.69, 9.17) is 9.47 Å². The Morgan fingerprint density at radius 1 is 1.11 bits per heavy atom. The molecule has 1 saturated heterocycles. The lowest BCUT2D eigenvalue weighted by Crippen LogP contribution is -2.54. The van der Waals surface area contributed by atoms with Crippen molar-refractivity contribution in [2.75, 3.05) is 25.5 Å². The molecular weight excluding hydrogens is 465 g/mol. The summed E-state index contributed by atoms with van der Waals surface area (Å²) < 4.78 is 24.9. The molecule has 2 heterocycles. The van der Waals surface area contributed by atoms with E-state index >= 15 is 0 Å². The smallest absolute Gasteiger partial charge is 0.256 e. The molecule has 0 aliphatic carbocycles. The first-order chi connectivity index (χ1) is 17.4. The molecule has 186 valence electrons. The van der Waals surface area contributed by atoms with Crippen molar-refractivity contribution in [3.63, 3.8) is 0 Å². The Hall–Kier alpha value is -3.98. The third kappa shape index (κ3) is 3.76. The van der Waals surface area contributed by atoms with Crippen LogP contribution in [0.25, 0.3) is 0 Å². The molecule has 3 aromatic rings. The molecule has 2 aliphatic heterocycles. The largest absolute Gasteiger partial charge is 0.490 e. The molecule has 1 spiro atoms. The number of nitrogens with zero attached hydrogens (tertiary/aromatic N) is 2. The van der Waals surface area contributed by atoms with Crippen molar-refractivity contribution in [1.82, 2.24) is 4.90 Å². The molecule has 3 atom stereocenters. The first-order valence-corrected chi connectivity index (χ1v) is 11.8. The van der Waals surface area contributed by atoms with Gasteiger partial charge in [0.25, 0.3) is 11.9 Å². The summed E-state index contributed by atoms with van der Waals surface area (Å²) in [6, 6.07) is 17.2. The van der Waals surface area contributed by atoms with Gasteiger partial charge in [0.05, 0.1) is 12.5 Å². The topological polar surface area (TPSA) is 93.9 Å². The minimum absolute atomic E-state index is 0.212. The van der Waals surface area contributed by atoms with Crippen LogP contribution in [-0.4, -0.2) is 42.0 Å².